The average molecular weight is 358 g/mol. The van der Waals surface area contributed by atoms with Crippen LogP contribution in [0.5, 0.6) is 5.75 Å². The summed E-state index contributed by atoms with van der Waals surface area (Å²) in [7, 11) is -4.19. The Labute approximate surface area is 144 Å². The van der Waals surface area contributed by atoms with Crippen LogP contribution in [0.1, 0.15) is 0 Å². The maximum atomic E-state index is 14.3. The Morgan fingerprint density at radius 1 is 0.920 bits per heavy atom. The second-order valence-corrected chi connectivity index (χ2v) is 7.01. The van der Waals surface area contributed by atoms with E-state index in [1.165, 1.54) is 30.3 Å². The van der Waals surface area contributed by atoms with Crippen LogP contribution in [0.15, 0.2) is 71.6 Å². The second kappa shape index (κ2) is 6.45. The van der Waals surface area contributed by atoms with Gasteiger partial charge in [-0.2, -0.15) is 0 Å². The highest BCUT2D eigenvalue weighted by atomic mass is 32.2. The summed E-state index contributed by atoms with van der Waals surface area (Å²) < 4.78 is 41.3. The Bertz CT molecular complexity index is 1020. The first-order valence-corrected chi connectivity index (χ1v) is 8.82. The molecule has 128 valence electrons. The molecule has 4 N–H and O–H groups in total. The van der Waals surface area contributed by atoms with E-state index in [4.69, 9.17) is 5.73 Å². The van der Waals surface area contributed by atoms with Gasteiger partial charge in [0.2, 0.25) is 0 Å². The lowest BCUT2D eigenvalue weighted by Crippen LogP contribution is -2.14. The summed E-state index contributed by atoms with van der Waals surface area (Å²) in [5.41, 5.74) is 6.63. The highest BCUT2D eigenvalue weighted by molar-refractivity contribution is 7.92. The van der Waals surface area contributed by atoms with E-state index >= 15 is 0 Å². The third-order valence-corrected chi connectivity index (χ3v) is 5.04. The Hall–Kier alpha value is -3.06. The van der Waals surface area contributed by atoms with Gasteiger partial charge in [0.1, 0.15) is 10.7 Å². The van der Waals surface area contributed by atoms with Gasteiger partial charge in [0.05, 0.1) is 11.4 Å². The van der Waals surface area contributed by atoms with Crippen LogP contribution in [0.4, 0.5) is 15.8 Å². The summed E-state index contributed by atoms with van der Waals surface area (Å²) >= 11 is 0. The van der Waals surface area contributed by atoms with E-state index in [0.29, 0.717) is 5.56 Å². The summed E-state index contributed by atoms with van der Waals surface area (Å²) in [6.45, 7) is 0. The average Bonchev–Trinajstić information content (AvgIpc) is 2.59. The number of nitrogens with two attached hydrogens (primary N) is 1. The van der Waals surface area contributed by atoms with Crippen LogP contribution in [0.25, 0.3) is 11.1 Å². The topological polar surface area (TPSA) is 92.4 Å². The van der Waals surface area contributed by atoms with Crippen molar-refractivity contribution in [3.05, 3.63) is 72.5 Å². The zero-order valence-electron chi connectivity index (χ0n) is 13.0. The number of aromatic hydroxyl groups is 1. The number of hydrogen-bond acceptors (Lipinski definition) is 4. The largest absolute Gasteiger partial charge is 0.504 e. The van der Waals surface area contributed by atoms with E-state index in [1.54, 1.807) is 6.07 Å². The zero-order valence-corrected chi connectivity index (χ0v) is 13.8. The number of phenolic OH excluding ortho intramolecular Hbond substituents is 1. The molecule has 0 fully saturated rings. The monoisotopic (exact) mass is 358 g/mol. The molecule has 0 aliphatic carbocycles. The first-order chi connectivity index (χ1) is 11.9. The number of rotatable bonds is 4. The predicted octanol–water partition coefficient (Wildman–Crippen LogP) is 3.58. The van der Waals surface area contributed by atoms with Gasteiger partial charge in [0, 0.05) is 0 Å². The van der Waals surface area contributed by atoms with Crippen molar-refractivity contribution in [2.24, 2.45) is 0 Å². The van der Waals surface area contributed by atoms with Crippen molar-refractivity contribution in [3.8, 4) is 16.9 Å². The number of nitrogens with one attached hydrogen (secondary N) is 1. The molecular weight excluding hydrogens is 343 g/mol. The molecule has 5 nitrogen and oxygen atoms in total. The van der Waals surface area contributed by atoms with Crippen molar-refractivity contribution >= 4 is 21.4 Å². The molecule has 0 unspecified atom stereocenters. The molecule has 0 spiro atoms. The van der Waals surface area contributed by atoms with Crippen LogP contribution >= 0.6 is 0 Å². The molecule has 0 atom stereocenters. The Morgan fingerprint density at radius 2 is 1.64 bits per heavy atom. The Kier molecular flexibility index (Phi) is 4.33. The number of hydrogen-bond donors (Lipinski definition) is 3. The van der Waals surface area contributed by atoms with Gasteiger partial charge in [-0.1, -0.05) is 42.5 Å². The highest BCUT2D eigenvalue weighted by Gasteiger charge is 2.21. The molecule has 0 aliphatic rings. The van der Waals surface area contributed by atoms with E-state index < -0.39 is 26.5 Å². The molecule has 7 heteroatoms. The summed E-state index contributed by atoms with van der Waals surface area (Å²) in [6, 6.07) is 17.3. The third kappa shape index (κ3) is 3.41. The standard InChI is InChI=1S/C18H15FN2O3S/c19-14-11-13(12-5-2-1-3-6-12)9-10-16(14)21-25(23,24)17-8-4-7-15(20)18(17)22/h1-11,21-22H,20H2. The highest BCUT2D eigenvalue weighted by Crippen LogP contribution is 2.31. The van der Waals surface area contributed by atoms with E-state index in [1.807, 2.05) is 30.3 Å². The van der Waals surface area contributed by atoms with Crippen molar-refractivity contribution in [2.75, 3.05) is 10.5 Å². The maximum absolute atomic E-state index is 14.3. The van der Waals surface area contributed by atoms with Crippen LogP contribution in [-0.4, -0.2) is 13.5 Å². The number of benzene rings is 3. The van der Waals surface area contributed by atoms with Gasteiger partial charge >= 0.3 is 0 Å². The second-order valence-electron chi connectivity index (χ2n) is 5.36. The van der Waals surface area contributed by atoms with Gasteiger partial charge in [0.25, 0.3) is 10.0 Å². The zero-order chi connectivity index (χ0) is 18.0. The molecule has 3 rings (SSSR count). The number of halogens is 1. The number of anilines is 2. The van der Waals surface area contributed by atoms with Gasteiger partial charge < -0.3 is 10.8 Å². The number of nitrogen functional groups attached to an aromatic ring is 1. The fourth-order valence-electron chi connectivity index (χ4n) is 2.36. The molecule has 3 aromatic carbocycles. The summed E-state index contributed by atoms with van der Waals surface area (Å²) in [4.78, 5) is -0.418. The third-order valence-electron chi connectivity index (χ3n) is 3.64. The van der Waals surface area contributed by atoms with E-state index in [0.717, 1.165) is 5.56 Å². The summed E-state index contributed by atoms with van der Waals surface area (Å²) in [6.07, 6.45) is 0. The van der Waals surface area contributed by atoms with Crippen molar-refractivity contribution in [1.82, 2.24) is 0 Å². The van der Waals surface area contributed by atoms with Gasteiger partial charge in [-0.05, 0) is 35.4 Å². The van der Waals surface area contributed by atoms with E-state index in [2.05, 4.69) is 4.72 Å². The van der Waals surface area contributed by atoms with Crippen molar-refractivity contribution in [2.45, 2.75) is 4.90 Å². The van der Waals surface area contributed by atoms with Crippen LogP contribution in [0.2, 0.25) is 0 Å². The molecule has 0 saturated heterocycles. The van der Waals surface area contributed by atoms with Crippen molar-refractivity contribution < 1.29 is 17.9 Å². The molecule has 0 radical (unpaired) electrons. The van der Waals surface area contributed by atoms with Crippen LogP contribution in [0, 0.1) is 5.82 Å². The fourth-order valence-corrected chi connectivity index (χ4v) is 3.56. The molecule has 0 amide bonds. The molecule has 0 bridgehead atoms. The molecular formula is C18H15FN2O3S. The summed E-state index contributed by atoms with van der Waals surface area (Å²) in [5.74, 6) is -1.30. The summed E-state index contributed by atoms with van der Waals surface area (Å²) in [5, 5.41) is 9.84. The van der Waals surface area contributed by atoms with E-state index in [9.17, 15) is 17.9 Å². The molecule has 0 heterocycles. The van der Waals surface area contributed by atoms with Crippen LogP contribution in [0.3, 0.4) is 0 Å². The van der Waals surface area contributed by atoms with E-state index in [-0.39, 0.29) is 11.4 Å². The van der Waals surface area contributed by atoms with Crippen LogP contribution < -0.4 is 10.5 Å². The maximum Gasteiger partial charge on any atom is 0.265 e. The first kappa shape index (κ1) is 16.8. The minimum absolute atomic E-state index is 0.0808. The van der Waals surface area contributed by atoms with Gasteiger partial charge in [-0.25, -0.2) is 12.8 Å². The number of sulfonamides is 1. The lowest BCUT2D eigenvalue weighted by atomic mass is 10.1. The fraction of sp³-hybridized carbons (Fsp3) is 0. The molecule has 0 aromatic heterocycles. The van der Waals surface area contributed by atoms with Crippen molar-refractivity contribution in [3.63, 3.8) is 0 Å². The molecule has 25 heavy (non-hydrogen) atoms. The minimum atomic E-state index is -4.19. The van der Waals surface area contributed by atoms with Gasteiger partial charge in [0.15, 0.2) is 5.75 Å². The molecule has 3 aromatic rings. The van der Waals surface area contributed by atoms with Crippen LogP contribution in [-0.2, 0) is 10.0 Å². The number of phenols is 1. The lowest BCUT2D eigenvalue weighted by molar-refractivity contribution is 0.462. The quantitative estimate of drug-likeness (QED) is 0.491. The smallest absolute Gasteiger partial charge is 0.265 e. The van der Waals surface area contributed by atoms with Gasteiger partial charge in [-0.15, -0.1) is 0 Å². The predicted molar refractivity (Wildman–Crippen MR) is 95.2 cm³/mol. The SMILES string of the molecule is Nc1cccc(S(=O)(=O)Nc2ccc(-c3ccccc3)cc2F)c1O. The minimum Gasteiger partial charge on any atom is -0.504 e. The van der Waals surface area contributed by atoms with Gasteiger partial charge in [-0.3, -0.25) is 4.72 Å². The lowest BCUT2D eigenvalue weighted by Gasteiger charge is -2.12. The molecule has 0 aliphatic heterocycles. The number of para-hydroxylation sites is 1. The first-order valence-electron chi connectivity index (χ1n) is 7.34. The van der Waals surface area contributed by atoms with Crippen molar-refractivity contribution in [1.29, 1.82) is 0 Å². The normalized spacial score (nSPS) is 11.2. The Balaban J connectivity index is 1.94. The Morgan fingerprint density at radius 3 is 2.32 bits per heavy atom. The molecule has 0 saturated carbocycles.